The Labute approximate surface area is 218 Å². The zero-order valence-corrected chi connectivity index (χ0v) is 21.7. The molecule has 0 radical (unpaired) electrons. The van der Waals surface area contributed by atoms with Crippen LogP contribution in [0, 0.1) is 0 Å². The molecule has 0 heterocycles. The molecule has 1 amide bonds. The van der Waals surface area contributed by atoms with Crippen LogP contribution < -0.4 is 10.0 Å². The lowest BCUT2D eigenvalue weighted by molar-refractivity contribution is -0.137. The SMILES string of the molecule is CS(=O)(=O)c1ccc(S(=O)(=O)Nc2cc(C(F)(F)F)ccc2C(=O)NC23CC(c4ccccc4)(C2)C3)cc1. The van der Waals surface area contributed by atoms with Crippen molar-refractivity contribution in [2.45, 2.75) is 46.2 Å². The maximum Gasteiger partial charge on any atom is 0.416 e. The molecule has 12 heteroatoms. The van der Waals surface area contributed by atoms with E-state index in [9.17, 15) is 34.8 Å². The highest BCUT2D eigenvalue weighted by Gasteiger charge is 2.69. The Kier molecular flexibility index (Phi) is 5.91. The Morgan fingerprint density at radius 3 is 1.97 bits per heavy atom. The molecule has 0 saturated heterocycles. The Morgan fingerprint density at radius 1 is 0.842 bits per heavy atom. The van der Waals surface area contributed by atoms with Crippen LogP contribution in [0.25, 0.3) is 0 Å². The average molecular weight is 565 g/mol. The number of nitrogens with one attached hydrogen (secondary N) is 2. The fourth-order valence-corrected chi connectivity index (χ4v) is 7.10. The Morgan fingerprint density at radius 2 is 1.42 bits per heavy atom. The molecule has 7 nitrogen and oxygen atoms in total. The van der Waals surface area contributed by atoms with E-state index in [4.69, 9.17) is 0 Å². The van der Waals surface area contributed by atoms with Gasteiger partial charge in [-0.25, -0.2) is 16.8 Å². The van der Waals surface area contributed by atoms with Crippen molar-refractivity contribution in [2.24, 2.45) is 0 Å². The largest absolute Gasteiger partial charge is 0.416 e. The lowest BCUT2D eigenvalue weighted by Gasteiger charge is -2.71. The van der Waals surface area contributed by atoms with Crippen LogP contribution in [0.5, 0.6) is 0 Å². The van der Waals surface area contributed by atoms with Crippen LogP contribution >= 0.6 is 0 Å². The van der Waals surface area contributed by atoms with E-state index in [1.165, 1.54) is 5.56 Å². The Balaban J connectivity index is 1.40. The summed E-state index contributed by atoms with van der Waals surface area (Å²) in [7, 11) is -8.05. The summed E-state index contributed by atoms with van der Waals surface area (Å²) in [5.41, 5.74) is -1.28. The van der Waals surface area contributed by atoms with Gasteiger partial charge in [0.05, 0.1) is 26.6 Å². The van der Waals surface area contributed by atoms with E-state index >= 15 is 0 Å². The number of carbonyl (C=O) groups excluding carboxylic acids is 1. The third-order valence-corrected chi connectivity index (χ3v) is 9.70. The van der Waals surface area contributed by atoms with Gasteiger partial charge >= 0.3 is 6.18 Å². The summed E-state index contributed by atoms with van der Waals surface area (Å²) in [4.78, 5) is 12.7. The fraction of sp³-hybridized carbons (Fsp3) is 0.269. The van der Waals surface area contributed by atoms with Crippen LogP contribution in [0.4, 0.5) is 18.9 Å². The molecular weight excluding hydrogens is 541 g/mol. The molecule has 0 aliphatic heterocycles. The van der Waals surface area contributed by atoms with Crippen molar-refractivity contribution in [2.75, 3.05) is 11.0 Å². The summed E-state index contributed by atoms with van der Waals surface area (Å²) in [6.07, 6.45) is -1.77. The van der Waals surface area contributed by atoms with E-state index in [-0.39, 0.29) is 20.8 Å². The second-order valence-corrected chi connectivity index (χ2v) is 13.7. The molecule has 3 saturated carbocycles. The number of sulfone groups is 1. The predicted molar refractivity (Wildman–Crippen MR) is 134 cm³/mol. The molecule has 2 N–H and O–H groups in total. The van der Waals surface area contributed by atoms with Gasteiger partial charge in [0.25, 0.3) is 15.9 Å². The van der Waals surface area contributed by atoms with E-state index in [0.717, 1.165) is 42.7 Å². The number of amides is 1. The molecular formula is C26H23F3N2O5S2. The van der Waals surface area contributed by atoms with Crippen molar-refractivity contribution in [1.29, 1.82) is 0 Å². The number of benzene rings is 3. The van der Waals surface area contributed by atoms with Crippen molar-refractivity contribution >= 4 is 31.5 Å². The molecule has 200 valence electrons. The van der Waals surface area contributed by atoms with E-state index in [0.29, 0.717) is 25.3 Å². The van der Waals surface area contributed by atoms with Gasteiger partial charge in [0, 0.05) is 17.2 Å². The van der Waals surface area contributed by atoms with Gasteiger partial charge in [-0.05, 0) is 67.3 Å². The lowest BCUT2D eigenvalue weighted by atomic mass is 9.37. The minimum absolute atomic E-state index is 0.0305. The first-order valence-corrected chi connectivity index (χ1v) is 14.9. The second-order valence-electron chi connectivity index (χ2n) is 10.0. The van der Waals surface area contributed by atoms with Crippen LogP contribution in [0.15, 0.2) is 82.6 Å². The topological polar surface area (TPSA) is 109 Å². The Hall–Kier alpha value is -3.38. The number of anilines is 1. The highest BCUT2D eigenvalue weighted by Crippen LogP contribution is 2.67. The highest BCUT2D eigenvalue weighted by molar-refractivity contribution is 7.92. The molecule has 0 unspecified atom stereocenters. The third kappa shape index (κ3) is 4.66. The monoisotopic (exact) mass is 564 g/mol. The summed E-state index contributed by atoms with van der Waals surface area (Å²) in [6, 6.07) is 16.3. The number of hydrogen-bond acceptors (Lipinski definition) is 5. The van der Waals surface area contributed by atoms with Crippen LogP contribution in [0.3, 0.4) is 0 Å². The summed E-state index contributed by atoms with van der Waals surface area (Å²) < 4.78 is 91.7. The smallest absolute Gasteiger partial charge is 0.346 e. The summed E-state index contributed by atoms with van der Waals surface area (Å²) >= 11 is 0. The summed E-state index contributed by atoms with van der Waals surface area (Å²) in [5.74, 6) is -0.690. The van der Waals surface area contributed by atoms with Crippen molar-refractivity contribution in [3.8, 4) is 0 Å². The molecule has 3 fully saturated rings. The van der Waals surface area contributed by atoms with Crippen molar-refractivity contribution in [1.82, 2.24) is 5.32 Å². The van der Waals surface area contributed by atoms with Crippen LogP contribution in [-0.2, 0) is 31.5 Å². The Bertz CT molecular complexity index is 1620. The molecule has 38 heavy (non-hydrogen) atoms. The predicted octanol–water partition coefficient (Wildman–Crippen LogP) is 4.51. The van der Waals surface area contributed by atoms with E-state index in [1.807, 2.05) is 30.3 Å². The van der Waals surface area contributed by atoms with Gasteiger partial charge in [-0.3, -0.25) is 9.52 Å². The number of rotatable bonds is 7. The molecule has 2 bridgehead atoms. The quantitative estimate of drug-likeness (QED) is 0.439. The van der Waals surface area contributed by atoms with E-state index < -0.39 is 48.7 Å². The molecule has 3 aromatic rings. The number of hydrogen-bond donors (Lipinski definition) is 2. The molecule has 6 rings (SSSR count). The maximum absolute atomic E-state index is 13.4. The molecule has 0 spiro atoms. The molecule has 3 aromatic carbocycles. The number of sulfonamides is 1. The molecule has 3 aliphatic carbocycles. The number of halogens is 3. The molecule has 0 aromatic heterocycles. The van der Waals surface area contributed by atoms with Gasteiger partial charge in [-0.15, -0.1) is 0 Å². The first-order chi connectivity index (χ1) is 17.6. The van der Waals surface area contributed by atoms with E-state index in [2.05, 4.69) is 10.0 Å². The van der Waals surface area contributed by atoms with Gasteiger partial charge in [0.15, 0.2) is 9.84 Å². The van der Waals surface area contributed by atoms with Gasteiger partial charge in [0.2, 0.25) is 0 Å². The van der Waals surface area contributed by atoms with Gasteiger partial charge in [0.1, 0.15) is 0 Å². The number of carbonyl (C=O) groups is 1. The fourth-order valence-electron chi connectivity index (χ4n) is 5.40. The van der Waals surface area contributed by atoms with Crippen molar-refractivity contribution < 1.29 is 34.8 Å². The lowest BCUT2D eigenvalue weighted by Crippen LogP contribution is -2.76. The standard InChI is InChI=1S/C26H23F3N2O5S2/c1-37(33,34)19-8-10-20(11-9-19)38(35,36)31-22-13-18(26(27,28)29)7-12-21(22)23(32)30-25-14-24(15-25,16-25)17-5-3-2-4-6-17/h2-13,31H,14-16H2,1H3,(H,30,32). The van der Waals surface area contributed by atoms with Crippen LogP contribution in [0.1, 0.15) is 40.7 Å². The first kappa shape index (κ1) is 26.2. The minimum atomic E-state index is -4.78. The van der Waals surface area contributed by atoms with Gasteiger partial charge in [-0.1, -0.05) is 30.3 Å². The average Bonchev–Trinajstić information content (AvgIpc) is 2.79. The normalized spacial score (nSPS) is 22.6. The molecule has 0 atom stereocenters. The summed E-state index contributed by atoms with van der Waals surface area (Å²) in [6.45, 7) is 0. The third-order valence-electron chi connectivity index (χ3n) is 7.19. The number of alkyl halides is 3. The first-order valence-electron chi connectivity index (χ1n) is 11.5. The van der Waals surface area contributed by atoms with Crippen molar-refractivity contribution in [3.05, 3.63) is 89.5 Å². The van der Waals surface area contributed by atoms with Crippen LogP contribution in [0.2, 0.25) is 0 Å². The van der Waals surface area contributed by atoms with Crippen molar-refractivity contribution in [3.63, 3.8) is 0 Å². The van der Waals surface area contributed by atoms with Gasteiger partial charge < -0.3 is 5.32 Å². The minimum Gasteiger partial charge on any atom is -0.346 e. The summed E-state index contributed by atoms with van der Waals surface area (Å²) in [5, 5.41) is 2.90. The maximum atomic E-state index is 13.4. The van der Waals surface area contributed by atoms with Gasteiger partial charge in [-0.2, -0.15) is 13.2 Å². The van der Waals surface area contributed by atoms with Crippen LogP contribution in [-0.4, -0.2) is 34.5 Å². The molecule has 3 aliphatic rings. The zero-order chi connectivity index (χ0) is 27.6. The highest BCUT2D eigenvalue weighted by atomic mass is 32.2. The second kappa shape index (κ2) is 8.57. The zero-order valence-electron chi connectivity index (χ0n) is 20.0. The van der Waals surface area contributed by atoms with E-state index in [1.54, 1.807) is 0 Å².